The maximum Gasteiger partial charge on any atom is 0.573 e. The van der Waals surface area contributed by atoms with E-state index < -0.39 is 29.6 Å². The van der Waals surface area contributed by atoms with Crippen LogP contribution in [0.2, 0.25) is 5.02 Å². The lowest BCUT2D eigenvalue weighted by molar-refractivity contribution is -0.274. The molecule has 0 saturated carbocycles. The van der Waals surface area contributed by atoms with E-state index in [1.807, 2.05) is 0 Å². The zero-order valence-electron chi connectivity index (χ0n) is 20.5. The second-order valence-electron chi connectivity index (χ2n) is 8.27. The lowest BCUT2D eigenvalue weighted by Crippen LogP contribution is -2.45. The van der Waals surface area contributed by atoms with Gasteiger partial charge in [-0.25, -0.2) is 4.79 Å². The first-order valence-electron chi connectivity index (χ1n) is 11.5. The van der Waals surface area contributed by atoms with Crippen LogP contribution in [0.5, 0.6) is 11.5 Å². The predicted octanol–water partition coefficient (Wildman–Crippen LogP) is 3.92. The van der Waals surface area contributed by atoms with Crippen molar-refractivity contribution in [2.75, 3.05) is 5.73 Å². The highest BCUT2D eigenvalue weighted by molar-refractivity contribution is 6.30. The molecule has 0 saturated heterocycles. The molecule has 38 heavy (non-hydrogen) atoms. The largest absolute Gasteiger partial charge is 0.573 e. The standard InChI is InChI=1S/C25H26ClF3N4O5/c1-3-17(34)11-12-33-23(35)20(21(30)32(2)24(33)36)22(31-14-15-7-9-16(26)10-8-15)37-18-5-4-6-19(13-18)38-25(27,28)29/h4-10,13,22,31H,3,11-12,14,30H2,1-2H3/t22-/m1/s1. The van der Waals surface area contributed by atoms with Crippen LogP contribution in [0.1, 0.15) is 37.1 Å². The van der Waals surface area contributed by atoms with E-state index in [-0.39, 0.29) is 48.8 Å². The summed E-state index contributed by atoms with van der Waals surface area (Å²) in [5, 5.41) is 3.52. The van der Waals surface area contributed by atoms with Gasteiger partial charge < -0.3 is 15.2 Å². The zero-order valence-corrected chi connectivity index (χ0v) is 21.3. The van der Waals surface area contributed by atoms with E-state index in [0.29, 0.717) is 5.02 Å². The Hall–Kier alpha value is -3.77. The number of anilines is 1. The summed E-state index contributed by atoms with van der Waals surface area (Å²) in [6, 6.07) is 11.5. The normalized spacial score (nSPS) is 12.3. The summed E-state index contributed by atoms with van der Waals surface area (Å²) in [7, 11) is 1.35. The highest BCUT2D eigenvalue weighted by Gasteiger charge is 2.31. The lowest BCUT2D eigenvalue weighted by Gasteiger charge is -2.24. The number of ether oxygens (including phenoxy) is 2. The number of Topliss-reactive ketones (excluding diaryl/α,β-unsaturated/α-hetero) is 1. The minimum Gasteiger partial charge on any atom is -0.471 e. The Morgan fingerprint density at radius 3 is 2.42 bits per heavy atom. The number of benzene rings is 2. The fourth-order valence-corrected chi connectivity index (χ4v) is 3.69. The Morgan fingerprint density at radius 2 is 1.79 bits per heavy atom. The van der Waals surface area contributed by atoms with Crippen molar-refractivity contribution < 1.29 is 27.4 Å². The van der Waals surface area contributed by atoms with Crippen LogP contribution in [0, 0.1) is 0 Å². The molecule has 0 aliphatic heterocycles. The minimum absolute atomic E-state index is 0.0461. The van der Waals surface area contributed by atoms with Crippen molar-refractivity contribution >= 4 is 23.2 Å². The molecular formula is C25H26ClF3N4O5. The van der Waals surface area contributed by atoms with Gasteiger partial charge in [-0.3, -0.25) is 24.0 Å². The molecule has 0 aliphatic carbocycles. The van der Waals surface area contributed by atoms with E-state index in [0.717, 1.165) is 26.8 Å². The average Bonchev–Trinajstić information content (AvgIpc) is 2.86. The van der Waals surface area contributed by atoms with E-state index >= 15 is 0 Å². The van der Waals surface area contributed by atoms with Crippen LogP contribution in [-0.4, -0.2) is 21.3 Å². The minimum atomic E-state index is -4.92. The van der Waals surface area contributed by atoms with Gasteiger partial charge in [0.15, 0.2) is 6.23 Å². The third kappa shape index (κ3) is 7.39. The van der Waals surface area contributed by atoms with E-state index in [4.69, 9.17) is 22.1 Å². The Morgan fingerprint density at radius 1 is 1.13 bits per heavy atom. The van der Waals surface area contributed by atoms with Crippen LogP contribution in [0.25, 0.3) is 0 Å². The molecule has 1 heterocycles. The number of halogens is 4. The Kier molecular flexibility index (Phi) is 9.23. The van der Waals surface area contributed by atoms with Crippen molar-refractivity contribution in [1.29, 1.82) is 0 Å². The molecule has 3 N–H and O–H groups in total. The van der Waals surface area contributed by atoms with E-state index in [1.165, 1.54) is 19.2 Å². The quantitative estimate of drug-likeness (QED) is 0.345. The summed E-state index contributed by atoms with van der Waals surface area (Å²) in [5.74, 6) is -0.960. The number of hydrogen-bond donors (Lipinski definition) is 2. The monoisotopic (exact) mass is 554 g/mol. The Balaban J connectivity index is 2.05. The van der Waals surface area contributed by atoms with Crippen molar-refractivity contribution in [3.05, 3.63) is 85.5 Å². The van der Waals surface area contributed by atoms with Gasteiger partial charge in [-0.2, -0.15) is 0 Å². The van der Waals surface area contributed by atoms with Crippen molar-refractivity contribution in [3.63, 3.8) is 0 Å². The highest BCUT2D eigenvalue weighted by atomic mass is 35.5. The Labute approximate surface area is 220 Å². The number of carbonyl (C=O) groups excluding carboxylic acids is 1. The highest BCUT2D eigenvalue weighted by Crippen LogP contribution is 2.29. The first-order chi connectivity index (χ1) is 17.9. The molecule has 0 aliphatic rings. The third-order valence-electron chi connectivity index (χ3n) is 5.60. The fraction of sp³-hybridized carbons (Fsp3) is 0.320. The first-order valence-corrected chi connectivity index (χ1v) is 11.9. The summed E-state index contributed by atoms with van der Waals surface area (Å²) < 4.78 is 49.9. The number of nitrogens with zero attached hydrogens (tertiary/aromatic N) is 2. The predicted molar refractivity (Wildman–Crippen MR) is 135 cm³/mol. The summed E-state index contributed by atoms with van der Waals surface area (Å²) in [5.41, 5.74) is 5.22. The molecule has 3 aromatic rings. The number of nitrogens with two attached hydrogens (primary N) is 1. The first kappa shape index (κ1) is 28.8. The van der Waals surface area contributed by atoms with E-state index in [1.54, 1.807) is 31.2 Å². The van der Waals surface area contributed by atoms with Gasteiger partial charge >= 0.3 is 12.1 Å². The molecule has 0 amide bonds. The number of ketones is 1. The molecule has 204 valence electrons. The molecule has 1 atom stereocenters. The SMILES string of the molecule is CCC(=O)CCn1c(=O)c([C@H](NCc2ccc(Cl)cc2)Oc2cccc(OC(F)(F)F)c2)c(N)n(C)c1=O. The Bertz CT molecular complexity index is 1400. The molecule has 2 aromatic carbocycles. The number of nitrogen functional groups attached to an aromatic ring is 1. The van der Waals surface area contributed by atoms with Gasteiger partial charge in [0, 0.05) is 44.1 Å². The molecule has 0 spiro atoms. The molecule has 3 rings (SSSR count). The maximum atomic E-state index is 13.5. The topological polar surface area (TPSA) is 118 Å². The molecule has 0 fully saturated rings. The average molecular weight is 555 g/mol. The van der Waals surface area contributed by atoms with Gasteiger partial charge in [-0.1, -0.05) is 36.7 Å². The van der Waals surface area contributed by atoms with Crippen molar-refractivity contribution in [2.45, 2.75) is 45.4 Å². The molecule has 9 nitrogen and oxygen atoms in total. The number of alkyl halides is 3. The van der Waals surface area contributed by atoms with Crippen LogP contribution in [-0.2, 0) is 24.9 Å². The van der Waals surface area contributed by atoms with Crippen LogP contribution in [0.3, 0.4) is 0 Å². The number of nitrogens with one attached hydrogen (secondary N) is 1. The van der Waals surface area contributed by atoms with Gasteiger partial charge in [0.05, 0.1) is 0 Å². The van der Waals surface area contributed by atoms with Gasteiger partial charge in [-0.15, -0.1) is 13.2 Å². The number of aromatic nitrogens is 2. The molecular weight excluding hydrogens is 529 g/mol. The third-order valence-corrected chi connectivity index (χ3v) is 5.85. The van der Waals surface area contributed by atoms with E-state index in [9.17, 15) is 27.6 Å². The molecule has 0 radical (unpaired) electrons. The van der Waals surface area contributed by atoms with Gasteiger partial charge in [0.1, 0.15) is 28.7 Å². The van der Waals surface area contributed by atoms with Gasteiger partial charge in [0.25, 0.3) is 5.56 Å². The van der Waals surface area contributed by atoms with Crippen LogP contribution < -0.4 is 31.8 Å². The molecule has 13 heteroatoms. The van der Waals surface area contributed by atoms with Gasteiger partial charge in [0.2, 0.25) is 0 Å². The van der Waals surface area contributed by atoms with Crippen LogP contribution >= 0.6 is 11.6 Å². The second kappa shape index (κ2) is 12.2. The maximum absolute atomic E-state index is 13.5. The molecule has 1 aromatic heterocycles. The smallest absolute Gasteiger partial charge is 0.471 e. The zero-order chi connectivity index (χ0) is 28.0. The summed E-state index contributed by atoms with van der Waals surface area (Å²) in [4.78, 5) is 38.1. The van der Waals surface area contributed by atoms with Gasteiger partial charge in [-0.05, 0) is 29.8 Å². The lowest BCUT2D eigenvalue weighted by atomic mass is 10.2. The second-order valence-corrected chi connectivity index (χ2v) is 8.70. The van der Waals surface area contributed by atoms with Crippen molar-refractivity contribution in [2.24, 2.45) is 7.05 Å². The van der Waals surface area contributed by atoms with Crippen LogP contribution in [0.4, 0.5) is 19.0 Å². The van der Waals surface area contributed by atoms with Crippen molar-refractivity contribution in [3.8, 4) is 11.5 Å². The van der Waals surface area contributed by atoms with Crippen molar-refractivity contribution in [1.82, 2.24) is 14.5 Å². The summed E-state index contributed by atoms with van der Waals surface area (Å²) >= 11 is 5.94. The summed E-state index contributed by atoms with van der Waals surface area (Å²) in [6.45, 7) is 1.62. The fourth-order valence-electron chi connectivity index (χ4n) is 3.56. The number of hydrogen-bond acceptors (Lipinski definition) is 7. The molecule has 0 unspecified atom stereocenters. The van der Waals surface area contributed by atoms with E-state index in [2.05, 4.69) is 10.1 Å². The van der Waals surface area contributed by atoms with Crippen LogP contribution in [0.15, 0.2) is 58.1 Å². The molecule has 0 bridgehead atoms. The number of rotatable bonds is 11. The summed E-state index contributed by atoms with van der Waals surface area (Å²) in [6.07, 6.45) is -6.03. The number of carbonyl (C=O) groups is 1.